The van der Waals surface area contributed by atoms with E-state index >= 15 is 0 Å². The van der Waals surface area contributed by atoms with E-state index in [9.17, 15) is 4.79 Å². The molecule has 0 spiro atoms. The standard InChI is InChI=1S/C22H20BrNO2/c23-20-12-10-18(11-13-20)22(25)24-14-15-26-21-9-5-4-8-19(21)16-17-6-2-1-3-7-17/h1-13H,14-16H2,(H,24,25). The summed E-state index contributed by atoms with van der Waals surface area (Å²) in [5.41, 5.74) is 3.02. The van der Waals surface area contributed by atoms with E-state index in [2.05, 4.69) is 39.4 Å². The Morgan fingerprint density at radius 3 is 2.35 bits per heavy atom. The average molecular weight is 410 g/mol. The van der Waals surface area contributed by atoms with Gasteiger partial charge in [-0.25, -0.2) is 0 Å². The quantitative estimate of drug-likeness (QED) is 0.566. The molecule has 0 unspecified atom stereocenters. The van der Waals surface area contributed by atoms with Crippen LogP contribution >= 0.6 is 15.9 Å². The lowest BCUT2D eigenvalue weighted by molar-refractivity contribution is 0.0947. The van der Waals surface area contributed by atoms with Gasteiger partial charge in [0.25, 0.3) is 5.91 Å². The Morgan fingerprint density at radius 2 is 1.58 bits per heavy atom. The molecule has 3 aromatic carbocycles. The minimum atomic E-state index is -0.0985. The van der Waals surface area contributed by atoms with Crippen LogP contribution < -0.4 is 10.1 Å². The largest absolute Gasteiger partial charge is 0.491 e. The maximum absolute atomic E-state index is 12.1. The van der Waals surface area contributed by atoms with E-state index in [1.807, 2.05) is 48.5 Å². The Labute approximate surface area is 162 Å². The maximum Gasteiger partial charge on any atom is 0.251 e. The van der Waals surface area contributed by atoms with Crippen molar-refractivity contribution in [3.05, 3.63) is 100 Å². The molecular weight excluding hydrogens is 390 g/mol. The Bertz CT molecular complexity index is 848. The number of rotatable bonds is 7. The fourth-order valence-electron chi connectivity index (χ4n) is 2.64. The van der Waals surface area contributed by atoms with Gasteiger partial charge in [0.05, 0.1) is 6.54 Å². The number of carbonyl (C=O) groups excluding carboxylic acids is 1. The lowest BCUT2D eigenvalue weighted by atomic mass is 10.0. The molecule has 0 saturated heterocycles. The van der Waals surface area contributed by atoms with Crippen molar-refractivity contribution >= 4 is 21.8 Å². The molecule has 3 nitrogen and oxygen atoms in total. The normalized spacial score (nSPS) is 10.3. The number of benzene rings is 3. The molecule has 0 aliphatic carbocycles. The molecule has 0 radical (unpaired) electrons. The lowest BCUT2D eigenvalue weighted by Crippen LogP contribution is -2.28. The van der Waals surface area contributed by atoms with Gasteiger partial charge in [-0.1, -0.05) is 64.5 Å². The van der Waals surface area contributed by atoms with Crippen molar-refractivity contribution in [1.29, 1.82) is 0 Å². The van der Waals surface area contributed by atoms with Crippen molar-refractivity contribution < 1.29 is 9.53 Å². The van der Waals surface area contributed by atoms with Crippen LogP contribution in [-0.4, -0.2) is 19.1 Å². The van der Waals surface area contributed by atoms with Gasteiger partial charge in [0.1, 0.15) is 12.4 Å². The van der Waals surface area contributed by atoms with Gasteiger partial charge in [0.15, 0.2) is 0 Å². The fraction of sp³-hybridized carbons (Fsp3) is 0.136. The van der Waals surface area contributed by atoms with Crippen LogP contribution in [0.5, 0.6) is 5.75 Å². The number of amides is 1. The molecule has 3 rings (SSSR count). The predicted octanol–water partition coefficient (Wildman–Crippen LogP) is 4.85. The molecule has 0 atom stereocenters. The van der Waals surface area contributed by atoms with Gasteiger partial charge in [-0.15, -0.1) is 0 Å². The van der Waals surface area contributed by atoms with Crippen LogP contribution in [0.4, 0.5) is 0 Å². The zero-order valence-electron chi connectivity index (χ0n) is 14.3. The highest BCUT2D eigenvalue weighted by molar-refractivity contribution is 9.10. The van der Waals surface area contributed by atoms with E-state index in [0.29, 0.717) is 18.7 Å². The van der Waals surface area contributed by atoms with E-state index in [-0.39, 0.29) is 5.91 Å². The maximum atomic E-state index is 12.1. The number of ether oxygens (including phenoxy) is 1. The van der Waals surface area contributed by atoms with Crippen molar-refractivity contribution in [2.24, 2.45) is 0 Å². The number of halogens is 1. The predicted molar refractivity (Wildman–Crippen MR) is 108 cm³/mol. The van der Waals surface area contributed by atoms with Crippen LogP contribution in [-0.2, 0) is 6.42 Å². The van der Waals surface area contributed by atoms with Gasteiger partial charge in [0.2, 0.25) is 0 Å². The van der Waals surface area contributed by atoms with Crippen molar-refractivity contribution in [2.75, 3.05) is 13.2 Å². The molecule has 0 heterocycles. The van der Waals surface area contributed by atoms with Gasteiger partial charge < -0.3 is 10.1 Å². The number of carbonyl (C=O) groups is 1. The van der Waals surface area contributed by atoms with Gasteiger partial charge in [-0.2, -0.15) is 0 Å². The van der Waals surface area contributed by atoms with Crippen LogP contribution in [0.15, 0.2) is 83.3 Å². The first kappa shape index (κ1) is 18.2. The summed E-state index contributed by atoms with van der Waals surface area (Å²) in [6, 6.07) is 25.6. The van der Waals surface area contributed by atoms with E-state index in [1.54, 1.807) is 12.1 Å². The molecule has 132 valence electrons. The Kier molecular flexibility index (Phi) is 6.45. The van der Waals surface area contributed by atoms with E-state index in [1.165, 1.54) is 5.56 Å². The van der Waals surface area contributed by atoms with Crippen molar-refractivity contribution in [2.45, 2.75) is 6.42 Å². The summed E-state index contributed by atoms with van der Waals surface area (Å²) in [5, 5.41) is 2.88. The van der Waals surface area contributed by atoms with E-state index in [0.717, 1.165) is 22.2 Å². The fourth-order valence-corrected chi connectivity index (χ4v) is 2.90. The number of para-hydroxylation sites is 1. The van der Waals surface area contributed by atoms with E-state index < -0.39 is 0 Å². The SMILES string of the molecule is O=C(NCCOc1ccccc1Cc1ccccc1)c1ccc(Br)cc1. The molecule has 1 amide bonds. The second-order valence-electron chi connectivity index (χ2n) is 5.88. The third-order valence-corrected chi connectivity index (χ3v) is 4.49. The highest BCUT2D eigenvalue weighted by atomic mass is 79.9. The second-order valence-corrected chi connectivity index (χ2v) is 6.80. The van der Waals surface area contributed by atoms with Crippen LogP contribution in [0.1, 0.15) is 21.5 Å². The Morgan fingerprint density at radius 1 is 0.885 bits per heavy atom. The van der Waals surface area contributed by atoms with Crippen LogP contribution in [0.3, 0.4) is 0 Å². The van der Waals surface area contributed by atoms with Crippen LogP contribution in [0.25, 0.3) is 0 Å². The highest BCUT2D eigenvalue weighted by Crippen LogP contribution is 2.21. The first-order chi connectivity index (χ1) is 12.7. The summed E-state index contributed by atoms with van der Waals surface area (Å²) >= 11 is 3.36. The summed E-state index contributed by atoms with van der Waals surface area (Å²) < 4.78 is 6.84. The van der Waals surface area contributed by atoms with Gasteiger partial charge in [-0.05, 0) is 41.5 Å². The van der Waals surface area contributed by atoms with Gasteiger partial charge in [-0.3, -0.25) is 4.79 Å². The molecule has 0 bridgehead atoms. The average Bonchev–Trinajstić information content (AvgIpc) is 2.67. The first-order valence-corrected chi connectivity index (χ1v) is 9.30. The molecule has 0 saturated carbocycles. The smallest absolute Gasteiger partial charge is 0.251 e. The van der Waals surface area contributed by atoms with Gasteiger partial charge >= 0.3 is 0 Å². The highest BCUT2D eigenvalue weighted by Gasteiger charge is 2.06. The first-order valence-electron chi connectivity index (χ1n) is 8.51. The van der Waals surface area contributed by atoms with Crippen molar-refractivity contribution in [1.82, 2.24) is 5.32 Å². The molecule has 0 fully saturated rings. The molecule has 0 aliphatic heterocycles. The molecule has 1 N–H and O–H groups in total. The third-order valence-electron chi connectivity index (χ3n) is 3.96. The van der Waals surface area contributed by atoms with Crippen LogP contribution in [0, 0.1) is 0 Å². The Balaban J connectivity index is 1.52. The molecule has 0 aromatic heterocycles. The monoisotopic (exact) mass is 409 g/mol. The number of hydrogen-bond acceptors (Lipinski definition) is 2. The van der Waals surface area contributed by atoms with E-state index in [4.69, 9.17) is 4.74 Å². The van der Waals surface area contributed by atoms with Crippen molar-refractivity contribution in [3.63, 3.8) is 0 Å². The minimum Gasteiger partial charge on any atom is -0.491 e. The number of hydrogen-bond donors (Lipinski definition) is 1. The summed E-state index contributed by atoms with van der Waals surface area (Å²) in [6.07, 6.45) is 0.822. The zero-order valence-corrected chi connectivity index (χ0v) is 15.9. The van der Waals surface area contributed by atoms with Crippen LogP contribution in [0.2, 0.25) is 0 Å². The molecule has 26 heavy (non-hydrogen) atoms. The minimum absolute atomic E-state index is 0.0985. The molecular formula is C22H20BrNO2. The second kappa shape index (κ2) is 9.20. The summed E-state index contributed by atoms with van der Waals surface area (Å²) in [4.78, 5) is 12.1. The van der Waals surface area contributed by atoms with Gasteiger partial charge in [0, 0.05) is 16.5 Å². The molecule has 4 heteroatoms. The lowest BCUT2D eigenvalue weighted by Gasteiger charge is -2.12. The number of nitrogens with one attached hydrogen (secondary N) is 1. The summed E-state index contributed by atoms with van der Waals surface area (Å²) in [6.45, 7) is 0.878. The summed E-state index contributed by atoms with van der Waals surface area (Å²) in [5.74, 6) is 0.757. The topological polar surface area (TPSA) is 38.3 Å². The Hall–Kier alpha value is -2.59. The third kappa shape index (κ3) is 5.20. The summed E-state index contributed by atoms with van der Waals surface area (Å²) in [7, 11) is 0. The molecule has 3 aromatic rings. The van der Waals surface area contributed by atoms with Crippen molar-refractivity contribution in [3.8, 4) is 5.75 Å². The molecule has 0 aliphatic rings. The zero-order chi connectivity index (χ0) is 18.2.